The van der Waals surface area contributed by atoms with E-state index in [0.29, 0.717) is 11.8 Å². The van der Waals surface area contributed by atoms with Gasteiger partial charge in [-0.2, -0.15) is 5.10 Å². The molecule has 0 saturated carbocycles. The number of nitrogens with zero attached hydrogens (tertiary/aromatic N) is 3. The maximum atomic E-state index is 4.58. The maximum absolute atomic E-state index is 4.58. The van der Waals surface area contributed by atoms with Crippen LogP contribution >= 0.6 is 0 Å². The highest BCUT2D eigenvalue weighted by Gasteiger charge is 2.18. The topological polar surface area (TPSA) is 50.7 Å². The van der Waals surface area contributed by atoms with Crippen molar-refractivity contribution >= 4 is 0 Å². The van der Waals surface area contributed by atoms with Crippen LogP contribution in [0.3, 0.4) is 0 Å². The van der Waals surface area contributed by atoms with Gasteiger partial charge in [-0.3, -0.25) is 0 Å². The van der Waals surface area contributed by atoms with E-state index in [1.807, 2.05) is 0 Å². The molecule has 4 heteroatoms. The normalized spacial score (nSPS) is 21.9. The lowest BCUT2D eigenvalue weighted by atomic mass is 9.99. The molecule has 0 bridgehead atoms. The molecule has 1 unspecified atom stereocenters. The average Bonchev–Trinajstić information content (AvgIpc) is 2.30. The van der Waals surface area contributed by atoms with Crippen LogP contribution in [0.1, 0.15) is 50.0 Å². The first kappa shape index (κ1) is 10.5. The van der Waals surface area contributed by atoms with Crippen molar-refractivity contribution in [1.29, 1.82) is 0 Å². The third-order valence-corrected chi connectivity index (χ3v) is 2.85. The fourth-order valence-electron chi connectivity index (χ4n) is 1.85. The van der Waals surface area contributed by atoms with Crippen molar-refractivity contribution in [3.05, 3.63) is 17.7 Å². The Balaban J connectivity index is 2.16. The summed E-state index contributed by atoms with van der Waals surface area (Å²) >= 11 is 0. The minimum absolute atomic E-state index is 0.427. The smallest absolute Gasteiger partial charge is 0.155 e. The summed E-state index contributed by atoms with van der Waals surface area (Å²) in [5.74, 6) is 1.79. The monoisotopic (exact) mass is 206 g/mol. The van der Waals surface area contributed by atoms with Gasteiger partial charge in [0.05, 0.1) is 11.9 Å². The maximum Gasteiger partial charge on any atom is 0.155 e. The van der Waals surface area contributed by atoms with Gasteiger partial charge in [0.15, 0.2) is 5.82 Å². The summed E-state index contributed by atoms with van der Waals surface area (Å²) < 4.78 is 0. The molecule has 4 nitrogen and oxygen atoms in total. The lowest BCUT2D eigenvalue weighted by Gasteiger charge is -2.21. The quantitative estimate of drug-likeness (QED) is 0.796. The molecule has 1 N–H and O–H groups in total. The lowest BCUT2D eigenvalue weighted by Crippen LogP contribution is -2.29. The molecular weight excluding hydrogens is 188 g/mol. The SMILES string of the molecule is CC(C)c1cnnc(C2CCCNC2)n1. The van der Waals surface area contributed by atoms with Crippen molar-refractivity contribution < 1.29 is 0 Å². The summed E-state index contributed by atoms with van der Waals surface area (Å²) in [6.45, 7) is 6.37. The molecule has 0 amide bonds. The van der Waals surface area contributed by atoms with E-state index in [9.17, 15) is 0 Å². The highest BCUT2D eigenvalue weighted by atomic mass is 15.2. The Morgan fingerprint density at radius 2 is 2.33 bits per heavy atom. The van der Waals surface area contributed by atoms with Crippen molar-refractivity contribution in [3.63, 3.8) is 0 Å². The van der Waals surface area contributed by atoms with Gasteiger partial charge in [-0.05, 0) is 25.3 Å². The van der Waals surface area contributed by atoms with E-state index >= 15 is 0 Å². The minimum Gasteiger partial charge on any atom is -0.316 e. The van der Waals surface area contributed by atoms with E-state index in [1.54, 1.807) is 6.20 Å². The average molecular weight is 206 g/mol. The Hall–Kier alpha value is -1.03. The molecule has 15 heavy (non-hydrogen) atoms. The molecule has 1 aliphatic heterocycles. The summed E-state index contributed by atoms with van der Waals surface area (Å²) in [7, 11) is 0. The van der Waals surface area contributed by atoms with E-state index in [-0.39, 0.29) is 0 Å². The molecule has 2 rings (SSSR count). The van der Waals surface area contributed by atoms with Gasteiger partial charge >= 0.3 is 0 Å². The molecule has 0 spiro atoms. The van der Waals surface area contributed by atoms with Gasteiger partial charge in [0.25, 0.3) is 0 Å². The van der Waals surface area contributed by atoms with Gasteiger partial charge in [-0.25, -0.2) is 4.98 Å². The van der Waals surface area contributed by atoms with Gasteiger partial charge < -0.3 is 5.32 Å². The van der Waals surface area contributed by atoms with E-state index in [0.717, 1.165) is 24.6 Å². The molecule has 0 aliphatic carbocycles. The fraction of sp³-hybridized carbons (Fsp3) is 0.727. The highest BCUT2D eigenvalue weighted by molar-refractivity contribution is 5.05. The van der Waals surface area contributed by atoms with Gasteiger partial charge in [-0.1, -0.05) is 13.8 Å². The molecule has 0 radical (unpaired) electrons. The van der Waals surface area contributed by atoms with Gasteiger partial charge in [0, 0.05) is 12.5 Å². The number of piperidine rings is 1. The second-order valence-corrected chi connectivity index (χ2v) is 4.44. The van der Waals surface area contributed by atoms with Crippen molar-refractivity contribution in [2.45, 2.75) is 38.5 Å². The van der Waals surface area contributed by atoms with Crippen LogP contribution in [0.15, 0.2) is 6.20 Å². The van der Waals surface area contributed by atoms with E-state index in [4.69, 9.17) is 0 Å². The van der Waals surface area contributed by atoms with Crippen LogP contribution in [0.25, 0.3) is 0 Å². The van der Waals surface area contributed by atoms with Crippen LogP contribution in [-0.4, -0.2) is 28.3 Å². The molecule has 2 heterocycles. The third kappa shape index (κ3) is 2.50. The van der Waals surface area contributed by atoms with Gasteiger partial charge in [-0.15, -0.1) is 5.10 Å². The van der Waals surface area contributed by atoms with Crippen molar-refractivity contribution in [3.8, 4) is 0 Å². The predicted octanol–water partition coefficient (Wildman–Crippen LogP) is 1.46. The molecule has 1 saturated heterocycles. The summed E-state index contributed by atoms with van der Waals surface area (Å²) in [4.78, 5) is 4.58. The largest absolute Gasteiger partial charge is 0.316 e. The lowest BCUT2D eigenvalue weighted by molar-refractivity contribution is 0.441. The molecule has 82 valence electrons. The predicted molar refractivity (Wildman–Crippen MR) is 58.8 cm³/mol. The zero-order valence-corrected chi connectivity index (χ0v) is 9.40. The molecule has 0 aromatic carbocycles. The molecule has 1 fully saturated rings. The number of nitrogens with one attached hydrogen (secondary N) is 1. The summed E-state index contributed by atoms with van der Waals surface area (Å²) in [5.41, 5.74) is 1.05. The van der Waals surface area contributed by atoms with Crippen LogP contribution in [0.5, 0.6) is 0 Å². The van der Waals surface area contributed by atoms with Crippen molar-refractivity contribution in [1.82, 2.24) is 20.5 Å². The van der Waals surface area contributed by atoms with Gasteiger partial charge in [0.1, 0.15) is 0 Å². The first-order valence-corrected chi connectivity index (χ1v) is 5.67. The van der Waals surface area contributed by atoms with Crippen LogP contribution < -0.4 is 5.32 Å². The highest BCUT2D eigenvalue weighted by Crippen LogP contribution is 2.20. The standard InChI is InChI=1S/C11H18N4/c1-8(2)10-7-13-15-11(14-10)9-4-3-5-12-6-9/h7-9,12H,3-6H2,1-2H3. The van der Waals surface area contributed by atoms with Crippen LogP contribution in [0.2, 0.25) is 0 Å². The zero-order valence-electron chi connectivity index (χ0n) is 9.40. The van der Waals surface area contributed by atoms with Gasteiger partial charge in [0.2, 0.25) is 0 Å². The summed E-state index contributed by atoms with van der Waals surface area (Å²) in [5, 5.41) is 11.6. The summed E-state index contributed by atoms with van der Waals surface area (Å²) in [6.07, 6.45) is 4.15. The second kappa shape index (κ2) is 4.66. The van der Waals surface area contributed by atoms with E-state index < -0.39 is 0 Å². The minimum atomic E-state index is 0.427. The molecule has 1 aromatic heterocycles. The molecule has 1 aliphatic rings. The van der Waals surface area contributed by atoms with Crippen LogP contribution in [-0.2, 0) is 0 Å². The number of hydrogen-bond acceptors (Lipinski definition) is 4. The Labute approximate surface area is 90.5 Å². The van der Waals surface area contributed by atoms with Crippen LogP contribution in [0, 0.1) is 0 Å². The number of aromatic nitrogens is 3. The Morgan fingerprint density at radius 1 is 1.47 bits per heavy atom. The first-order chi connectivity index (χ1) is 7.27. The Bertz CT molecular complexity index is 318. The van der Waals surface area contributed by atoms with Crippen molar-refractivity contribution in [2.24, 2.45) is 0 Å². The molecule has 1 aromatic rings. The molecular formula is C11H18N4. The number of hydrogen-bond donors (Lipinski definition) is 1. The van der Waals surface area contributed by atoms with Crippen molar-refractivity contribution in [2.75, 3.05) is 13.1 Å². The van der Waals surface area contributed by atoms with Crippen LogP contribution in [0.4, 0.5) is 0 Å². The third-order valence-electron chi connectivity index (χ3n) is 2.85. The number of rotatable bonds is 2. The fourth-order valence-corrected chi connectivity index (χ4v) is 1.85. The second-order valence-electron chi connectivity index (χ2n) is 4.44. The van der Waals surface area contributed by atoms with E-state index in [2.05, 4.69) is 34.3 Å². The first-order valence-electron chi connectivity index (χ1n) is 5.67. The van der Waals surface area contributed by atoms with E-state index in [1.165, 1.54) is 12.8 Å². The summed E-state index contributed by atoms with van der Waals surface area (Å²) in [6, 6.07) is 0. The Kier molecular flexibility index (Phi) is 3.26. The Morgan fingerprint density at radius 3 is 3.00 bits per heavy atom. The zero-order chi connectivity index (χ0) is 10.7. The molecule has 1 atom stereocenters.